The third kappa shape index (κ3) is 2.88. The summed E-state index contributed by atoms with van der Waals surface area (Å²) in [5, 5.41) is 4.36. The van der Waals surface area contributed by atoms with E-state index in [4.69, 9.17) is 10.5 Å². The lowest BCUT2D eigenvalue weighted by atomic mass is 10.0. The van der Waals surface area contributed by atoms with Crippen LogP contribution >= 0.6 is 15.9 Å². The van der Waals surface area contributed by atoms with E-state index in [1.807, 2.05) is 10.7 Å². The summed E-state index contributed by atoms with van der Waals surface area (Å²) in [6.45, 7) is 5.01. The first kappa shape index (κ1) is 15.1. The van der Waals surface area contributed by atoms with E-state index in [2.05, 4.69) is 47.0 Å². The highest BCUT2D eigenvalue weighted by Gasteiger charge is 2.20. The van der Waals surface area contributed by atoms with Crippen molar-refractivity contribution in [2.24, 2.45) is 5.73 Å². The Bertz CT molecular complexity index is 595. The van der Waals surface area contributed by atoms with E-state index in [1.54, 1.807) is 13.3 Å². The van der Waals surface area contributed by atoms with Crippen LogP contribution < -0.4 is 10.5 Å². The van der Waals surface area contributed by atoms with E-state index in [0.29, 0.717) is 0 Å². The quantitative estimate of drug-likeness (QED) is 0.909. The Kier molecular flexibility index (Phi) is 4.83. The van der Waals surface area contributed by atoms with Crippen molar-refractivity contribution in [3.63, 3.8) is 0 Å². The Hall–Kier alpha value is -1.33. The monoisotopic (exact) mass is 337 g/mol. The van der Waals surface area contributed by atoms with Crippen LogP contribution in [0.5, 0.6) is 5.75 Å². The summed E-state index contributed by atoms with van der Waals surface area (Å²) in [5.74, 6) is 0.739. The van der Waals surface area contributed by atoms with Gasteiger partial charge in [-0.3, -0.25) is 4.68 Å². The number of hydrogen-bond acceptors (Lipinski definition) is 3. The number of ether oxygens (including phenoxy) is 1. The highest BCUT2D eigenvalue weighted by Crippen LogP contribution is 2.30. The average molecular weight is 338 g/mol. The van der Waals surface area contributed by atoms with Crippen molar-refractivity contribution in [3.8, 4) is 5.75 Å². The number of aryl methyl sites for hydroxylation is 2. The number of halogens is 1. The maximum atomic E-state index is 6.43. The summed E-state index contributed by atoms with van der Waals surface area (Å²) in [5.41, 5.74) is 9.58. The van der Waals surface area contributed by atoms with Crippen LogP contribution in [-0.2, 0) is 6.54 Å². The number of benzene rings is 1. The van der Waals surface area contributed by atoms with Crippen molar-refractivity contribution in [2.75, 3.05) is 7.11 Å². The third-order valence-electron chi connectivity index (χ3n) is 3.35. The minimum atomic E-state index is -0.254. The molecule has 0 aliphatic heterocycles. The van der Waals surface area contributed by atoms with Gasteiger partial charge in [-0.25, -0.2) is 0 Å². The molecule has 1 aromatic carbocycles. The van der Waals surface area contributed by atoms with E-state index >= 15 is 0 Å². The minimum Gasteiger partial charge on any atom is -0.493 e. The summed E-state index contributed by atoms with van der Waals surface area (Å²) in [6, 6.07) is 5.92. The van der Waals surface area contributed by atoms with Gasteiger partial charge in [-0.2, -0.15) is 5.10 Å². The second-order valence-corrected chi connectivity index (χ2v) is 5.66. The zero-order valence-corrected chi connectivity index (χ0v) is 13.6. The van der Waals surface area contributed by atoms with Crippen LogP contribution in [-0.4, -0.2) is 16.9 Å². The molecule has 2 rings (SSSR count). The summed E-state index contributed by atoms with van der Waals surface area (Å²) < 4.78 is 8.38. The number of hydrogen-bond donors (Lipinski definition) is 1. The second-order valence-electron chi connectivity index (χ2n) is 4.81. The molecule has 1 aromatic heterocycles. The molecular formula is C15H20BrN3O. The molecule has 0 radical (unpaired) electrons. The van der Waals surface area contributed by atoms with Gasteiger partial charge in [-0.15, -0.1) is 0 Å². The highest BCUT2D eigenvalue weighted by molar-refractivity contribution is 9.10. The van der Waals surface area contributed by atoms with E-state index in [-0.39, 0.29) is 6.04 Å². The van der Waals surface area contributed by atoms with Gasteiger partial charge in [-0.05, 0) is 30.5 Å². The zero-order chi connectivity index (χ0) is 14.7. The van der Waals surface area contributed by atoms with Crippen molar-refractivity contribution in [1.82, 2.24) is 9.78 Å². The fourth-order valence-electron chi connectivity index (χ4n) is 2.20. The normalized spacial score (nSPS) is 12.4. The Morgan fingerprint density at radius 3 is 2.80 bits per heavy atom. The molecule has 0 aliphatic carbocycles. The molecule has 0 saturated heterocycles. The first-order valence-corrected chi connectivity index (χ1v) is 7.49. The number of aromatic nitrogens is 2. The van der Waals surface area contributed by atoms with Crippen LogP contribution in [0.4, 0.5) is 0 Å². The average Bonchev–Trinajstić information content (AvgIpc) is 2.84. The Morgan fingerprint density at radius 1 is 1.45 bits per heavy atom. The van der Waals surface area contributed by atoms with Crippen LogP contribution in [0.25, 0.3) is 0 Å². The van der Waals surface area contributed by atoms with Crippen LogP contribution in [0.3, 0.4) is 0 Å². The first-order chi connectivity index (χ1) is 9.58. The maximum absolute atomic E-state index is 6.43. The van der Waals surface area contributed by atoms with Gasteiger partial charge in [0.05, 0.1) is 19.3 Å². The molecule has 1 heterocycles. The molecule has 0 fully saturated rings. The second kappa shape index (κ2) is 6.41. The highest BCUT2D eigenvalue weighted by atomic mass is 79.9. The SMILES string of the molecule is CCCn1ncc(OC)c1C(N)c1ccc(C)c(Br)c1. The van der Waals surface area contributed by atoms with Crippen LogP contribution in [0.1, 0.15) is 36.2 Å². The van der Waals surface area contributed by atoms with Gasteiger partial charge in [0.15, 0.2) is 5.75 Å². The molecule has 2 aromatic rings. The maximum Gasteiger partial charge on any atom is 0.161 e. The van der Waals surface area contributed by atoms with E-state index in [0.717, 1.165) is 34.4 Å². The van der Waals surface area contributed by atoms with Crippen molar-refractivity contribution >= 4 is 15.9 Å². The lowest BCUT2D eigenvalue weighted by molar-refractivity contribution is 0.404. The number of nitrogens with zero attached hydrogens (tertiary/aromatic N) is 2. The largest absolute Gasteiger partial charge is 0.493 e. The van der Waals surface area contributed by atoms with E-state index < -0.39 is 0 Å². The zero-order valence-electron chi connectivity index (χ0n) is 12.1. The molecule has 0 spiro atoms. The first-order valence-electron chi connectivity index (χ1n) is 6.69. The molecule has 108 valence electrons. The fourth-order valence-corrected chi connectivity index (χ4v) is 2.60. The summed E-state index contributed by atoms with van der Waals surface area (Å²) in [7, 11) is 1.65. The molecule has 2 N–H and O–H groups in total. The summed E-state index contributed by atoms with van der Waals surface area (Å²) in [6.07, 6.45) is 2.73. The van der Waals surface area contributed by atoms with Gasteiger partial charge in [0.25, 0.3) is 0 Å². The lowest BCUT2D eigenvalue weighted by Crippen LogP contribution is -2.18. The molecule has 1 atom stereocenters. The van der Waals surface area contributed by atoms with Crippen molar-refractivity contribution < 1.29 is 4.74 Å². The number of methoxy groups -OCH3 is 1. The molecule has 1 unspecified atom stereocenters. The van der Waals surface area contributed by atoms with Crippen molar-refractivity contribution in [1.29, 1.82) is 0 Å². The molecular weight excluding hydrogens is 318 g/mol. The van der Waals surface area contributed by atoms with Crippen LogP contribution in [0, 0.1) is 6.92 Å². The Morgan fingerprint density at radius 2 is 2.20 bits per heavy atom. The smallest absolute Gasteiger partial charge is 0.161 e. The predicted octanol–water partition coefficient (Wildman–Crippen LogP) is 3.42. The van der Waals surface area contributed by atoms with Gasteiger partial charge >= 0.3 is 0 Å². The molecule has 0 bridgehead atoms. The van der Waals surface area contributed by atoms with Crippen LogP contribution in [0.15, 0.2) is 28.9 Å². The van der Waals surface area contributed by atoms with Gasteiger partial charge < -0.3 is 10.5 Å². The molecule has 20 heavy (non-hydrogen) atoms. The van der Waals surface area contributed by atoms with Crippen molar-refractivity contribution in [3.05, 3.63) is 45.7 Å². The summed E-state index contributed by atoms with van der Waals surface area (Å²) in [4.78, 5) is 0. The predicted molar refractivity (Wildman–Crippen MR) is 84.0 cm³/mol. The topological polar surface area (TPSA) is 53.1 Å². The molecule has 4 nitrogen and oxygen atoms in total. The van der Waals surface area contributed by atoms with Gasteiger partial charge in [-0.1, -0.05) is 35.0 Å². The molecule has 5 heteroatoms. The number of nitrogens with two attached hydrogens (primary N) is 1. The third-order valence-corrected chi connectivity index (χ3v) is 4.20. The van der Waals surface area contributed by atoms with E-state index in [1.165, 1.54) is 5.56 Å². The molecule has 0 amide bonds. The van der Waals surface area contributed by atoms with Gasteiger partial charge in [0.1, 0.15) is 5.69 Å². The van der Waals surface area contributed by atoms with Crippen LogP contribution in [0.2, 0.25) is 0 Å². The number of rotatable bonds is 5. The van der Waals surface area contributed by atoms with E-state index in [9.17, 15) is 0 Å². The lowest BCUT2D eigenvalue weighted by Gasteiger charge is -2.17. The minimum absolute atomic E-state index is 0.254. The molecule has 0 aliphatic rings. The molecule has 0 saturated carbocycles. The summed E-state index contributed by atoms with van der Waals surface area (Å²) >= 11 is 3.55. The Labute approximate surface area is 128 Å². The van der Waals surface area contributed by atoms with Crippen molar-refractivity contribution in [2.45, 2.75) is 32.9 Å². The Balaban J connectivity index is 2.43. The fraction of sp³-hybridized carbons (Fsp3) is 0.400. The standard InChI is InChI=1S/C15H20BrN3O/c1-4-7-19-15(13(20-3)9-18-19)14(17)11-6-5-10(2)12(16)8-11/h5-6,8-9,14H,4,7,17H2,1-3H3. The van der Waals surface area contributed by atoms with Gasteiger partial charge in [0.2, 0.25) is 0 Å². The van der Waals surface area contributed by atoms with Gasteiger partial charge in [0, 0.05) is 11.0 Å².